The van der Waals surface area contributed by atoms with Gasteiger partial charge in [0, 0.05) is 16.5 Å². The smallest absolute Gasteiger partial charge is 0.166 e. The van der Waals surface area contributed by atoms with Crippen LogP contribution >= 0.6 is 11.6 Å². The quantitative estimate of drug-likeness (QED) is 0.600. The van der Waals surface area contributed by atoms with Crippen molar-refractivity contribution in [1.82, 2.24) is 0 Å². The van der Waals surface area contributed by atoms with Crippen LogP contribution in [0.4, 0.5) is 0 Å². The average Bonchev–Trinajstić information content (AvgIpc) is 2.28. The van der Waals surface area contributed by atoms with Crippen molar-refractivity contribution >= 4 is 17.4 Å². The summed E-state index contributed by atoms with van der Waals surface area (Å²) in [4.78, 5) is 11.5. The molecular formula is C10H9ClO. The first-order valence-electron chi connectivity index (χ1n) is 4.01. The van der Waals surface area contributed by atoms with Crippen molar-refractivity contribution in [3.05, 3.63) is 34.3 Å². The lowest BCUT2D eigenvalue weighted by Crippen LogP contribution is -2.02. The number of carbonyl (C=O) groups is 1. The van der Waals surface area contributed by atoms with Crippen LogP contribution in [-0.4, -0.2) is 5.78 Å². The molecule has 1 aromatic carbocycles. The van der Waals surface area contributed by atoms with Crippen molar-refractivity contribution < 1.29 is 4.79 Å². The molecule has 0 N–H and O–H groups in total. The van der Waals surface area contributed by atoms with Crippen LogP contribution in [0.5, 0.6) is 0 Å². The molecule has 1 nitrogen and oxygen atoms in total. The Morgan fingerprint density at radius 3 is 3.00 bits per heavy atom. The van der Waals surface area contributed by atoms with E-state index in [4.69, 9.17) is 11.6 Å². The first kappa shape index (κ1) is 7.81. The lowest BCUT2D eigenvalue weighted by atomic mass is 10.1. The van der Waals surface area contributed by atoms with Gasteiger partial charge in [0.1, 0.15) is 0 Å². The molecule has 0 aliphatic heterocycles. The second-order valence-corrected chi connectivity index (χ2v) is 3.71. The SMILES string of the molecule is C[C@H]1Cc2cc(Cl)ccc2C1=O. The van der Waals surface area contributed by atoms with E-state index in [-0.39, 0.29) is 11.7 Å². The number of carbonyl (C=O) groups excluding carboxylic acids is 1. The Labute approximate surface area is 76.4 Å². The number of halogens is 1. The summed E-state index contributed by atoms with van der Waals surface area (Å²) in [6.07, 6.45) is 0.842. The van der Waals surface area contributed by atoms with Crippen LogP contribution in [0.3, 0.4) is 0 Å². The Hall–Kier alpha value is -0.820. The molecule has 1 atom stereocenters. The number of Topliss-reactive ketones (excluding diaryl/α,β-unsaturated/α-hetero) is 1. The Morgan fingerprint density at radius 2 is 2.25 bits per heavy atom. The number of ketones is 1. The van der Waals surface area contributed by atoms with Gasteiger partial charge in [-0.1, -0.05) is 18.5 Å². The van der Waals surface area contributed by atoms with Gasteiger partial charge < -0.3 is 0 Å². The van der Waals surface area contributed by atoms with Crippen LogP contribution in [0.2, 0.25) is 5.02 Å². The zero-order chi connectivity index (χ0) is 8.72. The van der Waals surface area contributed by atoms with Gasteiger partial charge in [0.15, 0.2) is 5.78 Å². The molecule has 2 heteroatoms. The van der Waals surface area contributed by atoms with E-state index in [2.05, 4.69) is 0 Å². The monoisotopic (exact) mass is 180 g/mol. The van der Waals surface area contributed by atoms with Gasteiger partial charge in [-0.15, -0.1) is 0 Å². The highest BCUT2D eigenvalue weighted by Crippen LogP contribution is 2.28. The lowest BCUT2D eigenvalue weighted by molar-refractivity contribution is 0.0946. The van der Waals surface area contributed by atoms with E-state index in [1.807, 2.05) is 19.1 Å². The molecule has 2 rings (SSSR count). The molecule has 0 saturated carbocycles. The normalized spacial score (nSPS) is 21.2. The minimum absolute atomic E-state index is 0.137. The van der Waals surface area contributed by atoms with E-state index in [0.29, 0.717) is 0 Å². The molecule has 62 valence electrons. The number of benzene rings is 1. The van der Waals surface area contributed by atoms with Crippen LogP contribution in [-0.2, 0) is 6.42 Å². The molecule has 0 fully saturated rings. The minimum atomic E-state index is 0.137. The molecule has 0 heterocycles. The molecule has 0 spiro atoms. The second-order valence-electron chi connectivity index (χ2n) is 3.27. The van der Waals surface area contributed by atoms with Crippen molar-refractivity contribution in [2.24, 2.45) is 5.92 Å². The van der Waals surface area contributed by atoms with E-state index in [1.54, 1.807) is 6.07 Å². The summed E-state index contributed by atoms with van der Waals surface area (Å²) in [6, 6.07) is 5.48. The number of hydrogen-bond donors (Lipinski definition) is 0. The average molecular weight is 181 g/mol. The van der Waals surface area contributed by atoms with Crippen LogP contribution in [0, 0.1) is 5.92 Å². The van der Waals surface area contributed by atoms with Gasteiger partial charge in [0.2, 0.25) is 0 Å². The largest absolute Gasteiger partial charge is 0.294 e. The molecule has 1 aliphatic carbocycles. The Balaban J connectivity index is 2.54. The number of fused-ring (bicyclic) bond motifs is 1. The fraction of sp³-hybridized carbons (Fsp3) is 0.300. The fourth-order valence-electron chi connectivity index (χ4n) is 1.66. The Kier molecular flexibility index (Phi) is 1.69. The van der Waals surface area contributed by atoms with Crippen molar-refractivity contribution in [1.29, 1.82) is 0 Å². The van der Waals surface area contributed by atoms with Gasteiger partial charge in [-0.05, 0) is 30.2 Å². The van der Waals surface area contributed by atoms with Crippen LogP contribution in [0.25, 0.3) is 0 Å². The highest BCUT2D eigenvalue weighted by molar-refractivity contribution is 6.30. The van der Waals surface area contributed by atoms with E-state index < -0.39 is 0 Å². The molecule has 0 saturated heterocycles. The molecule has 0 aromatic heterocycles. The maximum absolute atomic E-state index is 11.5. The minimum Gasteiger partial charge on any atom is -0.294 e. The van der Waals surface area contributed by atoms with Gasteiger partial charge in [0.25, 0.3) is 0 Å². The maximum atomic E-state index is 11.5. The highest BCUT2D eigenvalue weighted by Gasteiger charge is 2.26. The molecule has 0 amide bonds. The van der Waals surface area contributed by atoms with Gasteiger partial charge in [-0.25, -0.2) is 0 Å². The van der Waals surface area contributed by atoms with Gasteiger partial charge >= 0.3 is 0 Å². The summed E-state index contributed by atoms with van der Waals surface area (Å²) >= 11 is 5.81. The molecule has 0 unspecified atom stereocenters. The van der Waals surface area contributed by atoms with E-state index in [1.165, 1.54) is 0 Å². The molecule has 12 heavy (non-hydrogen) atoms. The van der Waals surface area contributed by atoms with Gasteiger partial charge in [0.05, 0.1) is 0 Å². The van der Waals surface area contributed by atoms with Crippen LogP contribution in [0.15, 0.2) is 18.2 Å². The zero-order valence-corrected chi connectivity index (χ0v) is 7.56. The predicted molar refractivity (Wildman–Crippen MR) is 48.7 cm³/mol. The summed E-state index contributed by atoms with van der Waals surface area (Å²) in [6.45, 7) is 1.95. The van der Waals surface area contributed by atoms with E-state index in [0.717, 1.165) is 22.6 Å². The molecule has 1 aromatic rings. The van der Waals surface area contributed by atoms with E-state index in [9.17, 15) is 4.79 Å². The Bertz CT molecular complexity index is 344. The van der Waals surface area contributed by atoms with Crippen LogP contribution < -0.4 is 0 Å². The number of rotatable bonds is 0. The molecular weight excluding hydrogens is 172 g/mol. The standard InChI is InChI=1S/C10H9ClO/c1-6-4-7-5-8(11)2-3-9(7)10(6)12/h2-3,5-6H,4H2,1H3/t6-/m0/s1. The molecule has 0 radical (unpaired) electrons. The maximum Gasteiger partial charge on any atom is 0.166 e. The second kappa shape index (κ2) is 2.60. The Morgan fingerprint density at radius 1 is 1.50 bits per heavy atom. The first-order valence-corrected chi connectivity index (χ1v) is 4.39. The lowest BCUT2D eigenvalue weighted by Gasteiger charge is -1.95. The van der Waals surface area contributed by atoms with Crippen molar-refractivity contribution in [2.45, 2.75) is 13.3 Å². The molecule has 1 aliphatic rings. The third kappa shape index (κ3) is 1.05. The topological polar surface area (TPSA) is 17.1 Å². The fourth-order valence-corrected chi connectivity index (χ4v) is 1.85. The third-order valence-corrected chi connectivity index (χ3v) is 2.54. The van der Waals surface area contributed by atoms with Crippen molar-refractivity contribution in [3.8, 4) is 0 Å². The van der Waals surface area contributed by atoms with Gasteiger partial charge in [-0.3, -0.25) is 4.79 Å². The van der Waals surface area contributed by atoms with Crippen molar-refractivity contribution in [3.63, 3.8) is 0 Å². The van der Waals surface area contributed by atoms with Crippen LogP contribution in [0.1, 0.15) is 22.8 Å². The number of hydrogen-bond acceptors (Lipinski definition) is 1. The predicted octanol–water partition coefficient (Wildman–Crippen LogP) is 2.71. The summed E-state index contributed by atoms with van der Waals surface area (Å²) in [5.74, 6) is 0.389. The molecule has 0 bridgehead atoms. The summed E-state index contributed by atoms with van der Waals surface area (Å²) in [7, 11) is 0. The summed E-state index contributed by atoms with van der Waals surface area (Å²) < 4.78 is 0. The third-order valence-electron chi connectivity index (χ3n) is 2.31. The van der Waals surface area contributed by atoms with Crippen molar-refractivity contribution in [2.75, 3.05) is 0 Å². The van der Waals surface area contributed by atoms with Gasteiger partial charge in [-0.2, -0.15) is 0 Å². The summed E-state index contributed by atoms with van der Waals surface area (Å²) in [5, 5.41) is 0.718. The van der Waals surface area contributed by atoms with E-state index >= 15 is 0 Å². The first-order chi connectivity index (χ1) is 5.68. The highest BCUT2D eigenvalue weighted by atomic mass is 35.5. The zero-order valence-electron chi connectivity index (χ0n) is 6.80. The summed E-state index contributed by atoms with van der Waals surface area (Å²) in [5.41, 5.74) is 1.95.